The second-order valence-electron chi connectivity index (χ2n) is 5.82. The van der Waals surface area contributed by atoms with E-state index in [4.69, 9.17) is 5.73 Å². The molecule has 1 aliphatic rings. The SMILES string of the molecule is CCN(CC)C(=O)CCC(=O)N1CCCC(C(=O)NCCN)C1. The van der Waals surface area contributed by atoms with Gasteiger partial charge < -0.3 is 20.9 Å². The van der Waals surface area contributed by atoms with Crippen molar-refractivity contribution < 1.29 is 14.4 Å². The molecule has 132 valence electrons. The maximum atomic E-state index is 12.3. The number of piperidine rings is 1. The van der Waals surface area contributed by atoms with Crippen molar-refractivity contribution in [3.63, 3.8) is 0 Å². The van der Waals surface area contributed by atoms with Crippen LogP contribution in [0.2, 0.25) is 0 Å². The molecule has 0 spiro atoms. The Morgan fingerprint density at radius 1 is 1.22 bits per heavy atom. The summed E-state index contributed by atoms with van der Waals surface area (Å²) in [4.78, 5) is 39.7. The Morgan fingerprint density at radius 3 is 2.52 bits per heavy atom. The van der Waals surface area contributed by atoms with Crippen molar-refractivity contribution in [2.24, 2.45) is 11.7 Å². The first kappa shape index (κ1) is 19.4. The highest BCUT2D eigenvalue weighted by atomic mass is 16.2. The summed E-state index contributed by atoms with van der Waals surface area (Å²) in [6, 6.07) is 0. The highest BCUT2D eigenvalue weighted by Crippen LogP contribution is 2.18. The molecule has 7 heteroatoms. The zero-order chi connectivity index (χ0) is 17.2. The minimum absolute atomic E-state index is 0.0117. The van der Waals surface area contributed by atoms with Crippen LogP contribution in [0.25, 0.3) is 0 Å². The summed E-state index contributed by atoms with van der Waals surface area (Å²) in [5.41, 5.74) is 5.38. The molecule has 1 fully saturated rings. The zero-order valence-corrected chi connectivity index (χ0v) is 14.3. The highest BCUT2D eigenvalue weighted by molar-refractivity contribution is 5.85. The lowest BCUT2D eigenvalue weighted by Gasteiger charge is -2.32. The maximum Gasteiger partial charge on any atom is 0.224 e. The Kier molecular flexibility index (Phi) is 8.61. The third-order valence-electron chi connectivity index (χ3n) is 4.26. The molecule has 0 aromatic rings. The molecule has 1 unspecified atom stereocenters. The van der Waals surface area contributed by atoms with Gasteiger partial charge in [0, 0.05) is 52.1 Å². The van der Waals surface area contributed by atoms with Gasteiger partial charge in [-0.05, 0) is 26.7 Å². The van der Waals surface area contributed by atoms with Crippen LogP contribution in [0.5, 0.6) is 0 Å². The Morgan fingerprint density at radius 2 is 1.91 bits per heavy atom. The van der Waals surface area contributed by atoms with Crippen LogP contribution >= 0.6 is 0 Å². The maximum absolute atomic E-state index is 12.3. The van der Waals surface area contributed by atoms with Crippen LogP contribution in [0.3, 0.4) is 0 Å². The number of amides is 3. The molecule has 0 aromatic heterocycles. The fourth-order valence-electron chi connectivity index (χ4n) is 2.86. The number of rotatable bonds is 8. The Balaban J connectivity index is 2.43. The molecular formula is C16H30N4O3. The van der Waals surface area contributed by atoms with Gasteiger partial charge in [-0.25, -0.2) is 0 Å². The summed E-state index contributed by atoms with van der Waals surface area (Å²) in [6.07, 6.45) is 2.06. The fraction of sp³-hybridized carbons (Fsp3) is 0.812. The molecule has 23 heavy (non-hydrogen) atoms. The van der Waals surface area contributed by atoms with Crippen molar-refractivity contribution in [2.45, 2.75) is 39.5 Å². The van der Waals surface area contributed by atoms with Crippen molar-refractivity contribution in [3.05, 3.63) is 0 Å². The lowest BCUT2D eigenvalue weighted by Crippen LogP contribution is -2.46. The number of nitrogens with two attached hydrogens (primary N) is 1. The summed E-state index contributed by atoms with van der Waals surface area (Å²) >= 11 is 0. The van der Waals surface area contributed by atoms with E-state index in [2.05, 4.69) is 5.32 Å². The minimum Gasteiger partial charge on any atom is -0.355 e. The average Bonchev–Trinajstić information content (AvgIpc) is 2.58. The molecular weight excluding hydrogens is 296 g/mol. The smallest absolute Gasteiger partial charge is 0.224 e. The standard InChI is InChI=1S/C16H30N4O3/c1-3-19(4-2)14(21)7-8-15(22)20-11-5-6-13(12-20)16(23)18-10-9-17/h13H,3-12,17H2,1-2H3,(H,18,23). The van der Waals surface area contributed by atoms with Gasteiger partial charge in [-0.2, -0.15) is 0 Å². The molecule has 1 aliphatic heterocycles. The normalized spacial score (nSPS) is 17.7. The van der Waals surface area contributed by atoms with Gasteiger partial charge in [0.2, 0.25) is 17.7 Å². The van der Waals surface area contributed by atoms with Crippen molar-refractivity contribution in [2.75, 3.05) is 39.3 Å². The first-order valence-electron chi connectivity index (χ1n) is 8.56. The molecule has 7 nitrogen and oxygen atoms in total. The first-order chi connectivity index (χ1) is 11.0. The lowest BCUT2D eigenvalue weighted by molar-refractivity contribution is -0.139. The van der Waals surface area contributed by atoms with Gasteiger partial charge in [0.1, 0.15) is 0 Å². The van der Waals surface area contributed by atoms with Gasteiger partial charge in [0.15, 0.2) is 0 Å². The monoisotopic (exact) mass is 326 g/mol. The van der Waals surface area contributed by atoms with Gasteiger partial charge in [0.25, 0.3) is 0 Å². The quantitative estimate of drug-likeness (QED) is 0.653. The second kappa shape index (κ2) is 10.2. The van der Waals surface area contributed by atoms with Gasteiger partial charge in [-0.1, -0.05) is 0 Å². The van der Waals surface area contributed by atoms with E-state index in [-0.39, 0.29) is 36.5 Å². The second-order valence-corrected chi connectivity index (χ2v) is 5.82. The average molecular weight is 326 g/mol. The van der Waals surface area contributed by atoms with Gasteiger partial charge in [-0.15, -0.1) is 0 Å². The number of carbonyl (C=O) groups is 3. The van der Waals surface area contributed by atoms with E-state index in [0.29, 0.717) is 39.3 Å². The number of nitrogens with one attached hydrogen (secondary N) is 1. The zero-order valence-electron chi connectivity index (χ0n) is 14.3. The van der Waals surface area contributed by atoms with Gasteiger partial charge in [-0.3, -0.25) is 14.4 Å². The highest BCUT2D eigenvalue weighted by Gasteiger charge is 2.28. The number of hydrogen-bond acceptors (Lipinski definition) is 4. The van der Waals surface area contributed by atoms with E-state index >= 15 is 0 Å². The van der Waals surface area contributed by atoms with Crippen molar-refractivity contribution >= 4 is 17.7 Å². The lowest BCUT2D eigenvalue weighted by atomic mass is 9.96. The van der Waals surface area contributed by atoms with E-state index < -0.39 is 0 Å². The molecule has 3 amide bonds. The molecule has 1 atom stereocenters. The van der Waals surface area contributed by atoms with Crippen molar-refractivity contribution in [1.29, 1.82) is 0 Å². The van der Waals surface area contributed by atoms with Crippen LogP contribution in [0.4, 0.5) is 0 Å². The predicted molar refractivity (Wildman–Crippen MR) is 88.5 cm³/mol. The van der Waals surface area contributed by atoms with Gasteiger partial charge in [0.05, 0.1) is 5.92 Å². The molecule has 0 radical (unpaired) electrons. The molecule has 0 saturated carbocycles. The van der Waals surface area contributed by atoms with E-state index in [1.807, 2.05) is 13.8 Å². The number of nitrogens with zero attached hydrogens (tertiary/aromatic N) is 2. The molecule has 1 heterocycles. The van der Waals surface area contributed by atoms with Crippen LogP contribution < -0.4 is 11.1 Å². The number of hydrogen-bond donors (Lipinski definition) is 2. The van der Waals surface area contributed by atoms with Crippen molar-refractivity contribution in [1.82, 2.24) is 15.1 Å². The number of carbonyl (C=O) groups excluding carboxylic acids is 3. The molecule has 0 aromatic carbocycles. The van der Waals surface area contributed by atoms with Crippen molar-refractivity contribution in [3.8, 4) is 0 Å². The van der Waals surface area contributed by atoms with Gasteiger partial charge >= 0.3 is 0 Å². The predicted octanol–water partition coefficient (Wildman–Crippen LogP) is -0.0515. The molecule has 0 bridgehead atoms. The molecule has 1 rings (SSSR count). The summed E-state index contributed by atoms with van der Waals surface area (Å²) in [6.45, 7) is 7.16. The Labute approximate surface area is 138 Å². The minimum atomic E-state index is -0.169. The largest absolute Gasteiger partial charge is 0.355 e. The topological polar surface area (TPSA) is 95.7 Å². The summed E-state index contributed by atoms with van der Waals surface area (Å²) in [5.74, 6) is -0.232. The molecule has 0 aliphatic carbocycles. The summed E-state index contributed by atoms with van der Waals surface area (Å²) < 4.78 is 0. The van der Waals surface area contributed by atoms with E-state index in [9.17, 15) is 14.4 Å². The number of likely N-dealkylation sites (tertiary alicyclic amines) is 1. The van der Waals surface area contributed by atoms with Crippen LogP contribution in [-0.4, -0.2) is 66.8 Å². The first-order valence-corrected chi connectivity index (χ1v) is 8.56. The Hall–Kier alpha value is -1.63. The van der Waals surface area contributed by atoms with Crippen LogP contribution in [0.15, 0.2) is 0 Å². The molecule has 3 N–H and O–H groups in total. The molecule has 1 saturated heterocycles. The van der Waals surface area contributed by atoms with E-state index in [1.165, 1.54) is 0 Å². The third kappa shape index (κ3) is 6.17. The summed E-state index contributed by atoms with van der Waals surface area (Å²) in [7, 11) is 0. The third-order valence-corrected chi connectivity index (χ3v) is 4.26. The van der Waals surface area contributed by atoms with Crippen LogP contribution in [0.1, 0.15) is 39.5 Å². The fourth-order valence-corrected chi connectivity index (χ4v) is 2.86. The van der Waals surface area contributed by atoms with Crippen LogP contribution in [-0.2, 0) is 14.4 Å². The summed E-state index contributed by atoms with van der Waals surface area (Å²) in [5, 5.41) is 2.78. The van der Waals surface area contributed by atoms with E-state index in [0.717, 1.165) is 12.8 Å². The van der Waals surface area contributed by atoms with E-state index in [1.54, 1.807) is 9.80 Å². The Bertz CT molecular complexity index is 410. The van der Waals surface area contributed by atoms with Crippen LogP contribution in [0, 0.1) is 5.92 Å².